The fraction of sp³-hybridized carbons (Fsp3) is 0.697. The Morgan fingerprint density at radius 2 is 1.90 bits per heavy atom. The molecule has 6 N–H and O–H groups in total. The fourth-order valence-corrected chi connectivity index (χ4v) is 7.39. The van der Waals surface area contributed by atoms with Gasteiger partial charge in [-0.25, -0.2) is 19.9 Å². The van der Waals surface area contributed by atoms with E-state index in [1.165, 1.54) is 6.07 Å². The maximum atomic E-state index is 14.0. The molecule has 2 bridgehead atoms. The van der Waals surface area contributed by atoms with Gasteiger partial charge in [0.2, 0.25) is 5.91 Å². The van der Waals surface area contributed by atoms with E-state index < -0.39 is 53.2 Å². The van der Waals surface area contributed by atoms with Crippen LogP contribution in [0.25, 0.3) is 0 Å². The van der Waals surface area contributed by atoms with Crippen LogP contribution in [0.3, 0.4) is 0 Å². The summed E-state index contributed by atoms with van der Waals surface area (Å²) in [6, 6.07) is 5.27. The number of hydrazine groups is 1. The zero-order chi connectivity index (χ0) is 36.3. The van der Waals surface area contributed by atoms with Crippen LogP contribution in [-0.2, 0) is 18.8 Å². The average Bonchev–Trinajstić information content (AvgIpc) is 3.34. The van der Waals surface area contributed by atoms with Crippen LogP contribution in [0.5, 0.6) is 0 Å². The third kappa shape index (κ3) is 9.41. The minimum Gasteiger partial charge on any atom is -0.444 e. The van der Waals surface area contributed by atoms with Gasteiger partial charge in [0, 0.05) is 17.8 Å². The number of aliphatic imine (C=N–C) groups is 1. The van der Waals surface area contributed by atoms with E-state index in [4.69, 9.17) is 19.8 Å². The summed E-state index contributed by atoms with van der Waals surface area (Å²) in [5, 5.41) is 18.4. The van der Waals surface area contributed by atoms with Crippen LogP contribution in [-0.4, -0.2) is 71.9 Å². The van der Waals surface area contributed by atoms with Crippen LogP contribution < -0.4 is 27.1 Å². The summed E-state index contributed by atoms with van der Waals surface area (Å²) in [4.78, 5) is 54.4. The number of amides is 3. The first-order valence-corrected chi connectivity index (χ1v) is 17.0. The van der Waals surface area contributed by atoms with Gasteiger partial charge in [-0.05, 0) is 101 Å². The van der Waals surface area contributed by atoms with Crippen LogP contribution >= 0.6 is 0 Å². The number of carbonyl (C=O) groups is 3. The van der Waals surface area contributed by atoms with Gasteiger partial charge in [-0.15, -0.1) is 0 Å². The molecule has 3 aliphatic carbocycles. The number of benzene rings is 1. The minimum atomic E-state index is -1.00. The smallest absolute Gasteiger partial charge is 0.444 e. The highest BCUT2D eigenvalue weighted by molar-refractivity contribution is 6.48. The van der Waals surface area contributed by atoms with Gasteiger partial charge in [0.1, 0.15) is 11.6 Å². The van der Waals surface area contributed by atoms with Gasteiger partial charge in [0.05, 0.1) is 17.6 Å². The van der Waals surface area contributed by atoms with Crippen molar-refractivity contribution in [2.45, 2.75) is 117 Å². The van der Waals surface area contributed by atoms with Crippen molar-refractivity contribution in [2.24, 2.45) is 33.9 Å². The highest BCUT2D eigenvalue weighted by atomic mass is 16.7. The lowest BCUT2D eigenvalue weighted by Crippen LogP contribution is -2.65. The molecule has 16 heteroatoms. The number of ether oxygens (including phenoxy) is 1. The van der Waals surface area contributed by atoms with Gasteiger partial charge in [-0.1, -0.05) is 39.2 Å². The lowest BCUT2D eigenvalue weighted by molar-refractivity contribution is -0.525. The summed E-state index contributed by atoms with van der Waals surface area (Å²) >= 11 is 0. The van der Waals surface area contributed by atoms with Gasteiger partial charge < -0.3 is 30.4 Å². The van der Waals surface area contributed by atoms with Crippen LogP contribution in [0, 0.1) is 33.3 Å². The molecular weight excluding hydrogens is 633 g/mol. The van der Waals surface area contributed by atoms with Gasteiger partial charge in [0.15, 0.2) is 5.03 Å². The molecule has 1 saturated heterocycles. The molecule has 1 aromatic carbocycles. The maximum absolute atomic E-state index is 14.0. The Morgan fingerprint density at radius 3 is 2.53 bits per heavy atom. The number of nitrogens with two attached hydrogens (primary N) is 1. The van der Waals surface area contributed by atoms with E-state index in [2.05, 4.69) is 55.6 Å². The Bertz CT molecular complexity index is 1430. The number of hydrogen-bond donors (Lipinski definition) is 5. The van der Waals surface area contributed by atoms with Crippen molar-refractivity contribution in [3.05, 3.63) is 39.9 Å². The molecule has 0 radical (unpaired) electrons. The molecule has 270 valence electrons. The van der Waals surface area contributed by atoms with Gasteiger partial charge in [-0.2, -0.15) is 0 Å². The summed E-state index contributed by atoms with van der Waals surface area (Å²) in [5.41, 5.74) is 6.88. The molecule has 3 saturated carbocycles. The number of guanidine groups is 1. The first-order valence-electron chi connectivity index (χ1n) is 17.0. The molecule has 0 aromatic heterocycles. The van der Waals surface area contributed by atoms with Crippen LogP contribution in [0.2, 0.25) is 0 Å². The summed E-state index contributed by atoms with van der Waals surface area (Å²) in [5.74, 6) is -0.681. The fourth-order valence-electron chi connectivity index (χ4n) is 7.39. The second-order valence-corrected chi connectivity index (χ2v) is 15.6. The van der Waals surface area contributed by atoms with E-state index >= 15 is 0 Å². The van der Waals surface area contributed by atoms with Crippen molar-refractivity contribution in [2.75, 3.05) is 11.9 Å². The first kappa shape index (κ1) is 37.9. The second-order valence-electron chi connectivity index (χ2n) is 15.6. The highest BCUT2D eigenvalue weighted by Gasteiger charge is 2.68. The Balaban J connectivity index is 1.49. The predicted octanol–water partition coefficient (Wildman–Crippen LogP) is 3.81. The average molecular weight is 686 g/mol. The van der Waals surface area contributed by atoms with Crippen LogP contribution in [0.4, 0.5) is 10.5 Å². The predicted molar refractivity (Wildman–Crippen MR) is 185 cm³/mol. The first-order chi connectivity index (χ1) is 22.8. The topological polar surface area (TPSA) is 209 Å². The quantitative estimate of drug-likeness (QED) is 0.0507. The number of carbonyl (C=O) groups excluding carboxylic acids is 3. The Kier molecular flexibility index (Phi) is 11.5. The zero-order valence-electron chi connectivity index (χ0n) is 29.8. The van der Waals surface area contributed by atoms with Gasteiger partial charge in [0.25, 0.3) is 11.9 Å². The zero-order valence-corrected chi connectivity index (χ0v) is 29.8. The molecule has 3 amide bonds. The summed E-state index contributed by atoms with van der Waals surface area (Å²) in [6.07, 6.45) is 2.30. The second kappa shape index (κ2) is 14.9. The number of hydrogen-bond acceptors (Lipinski definition) is 9. The number of nitro groups is 1. The van der Waals surface area contributed by atoms with Crippen molar-refractivity contribution in [1.29, 1.82) is 0 Å². The largest absolute Gasteiger partial charge is 0.481 e. The van der Waals surface area contributed by atoms with E-state index in [1.54, 1.807) is 44.4 Å². The summed E-state index contributed by atoms with van der Waals surface area (Å²) in [6.45, 7) is 16.1. The monoisotopic (exact) mass is 685 g/mol. The third-order valence-corrected chi connectivity index (χ3v) is 9.88. The third-order valence-electron chi connectivity index (χ3n) is 9.88. The molecule has 1 heterocycles. The van der Waals surface area contributed by atoms with Crippen molar-refractivity contribution in [3.63, 3.8) is 0 Å². The van der Waals surface area contributed by atoms with Crippen LogP contribution in [0.15, 0.2) is 29.3 Å². The molecule has 49 heavy (non-hydrogen) atoms. The van der Waals surface area contributed by atoms with Crippen molar-refractivity contribution >= 4 is 36.7 Å². The van der Waals surface area contributed by atoms with Crippen LogP contribution in [0.1, 0.15) is 97.9 Å². The highest BCUT2D eigenvalue weighted by Crippen LogP contribution is 2.65. The molecule has 6 atom stereocenters. The number of nitrogens with one attached hydrogen (secondary N) is 4. The lowest BCUT2D eigenvalue weighted by Gasteiger charge is -2.64. The molecule has 1 aromatic rings. The number of anilines is 1. The number of nitrogens with zero attached hydrogens (tertiary/aromatic N) is 2. The normalized spacial score (nSPS) is 25.4. The molecule has 5 rings (SSSR count). The standard InChI is InChI=1S/C33H52BN7O8/c1-19(2)15-26(34-48-25-18-21-17-24(32(21,6)7)33(25,8)49-34)39-28(43)23(13-10-14-36-29(35)40-41(45)46)38-27(42)20-11-9-12-22(16-20)37-30(44)47-31(3,4)5/h9,11-12,16,19,21,23-26H,10,13-15,17-18H2,1-8H3,(H,37,44)(H,38,42)(H,39,43)(H3,35,36,40)/t21-,23+,24-,25-,26+,33+/m1/s1. The minimum absolute atomic E-state index is 0.0611. The Morgan fingerprint density at radius 1 is 1.18 bits per heavy atom. The van der Waals surface area contributed by atoms with E-state index in [9.17, 15) is 24.5 Å². The molecule has 0 spiro atoms. The molecule has 4 fully saturated rings. The van der Waals surface area contributed by atoms with E-state index in [0.29, 0.717) is 23.9 Å². The molecular formula is C33H52BN7O8. The lowest BCUT2D eigenvalue weighted by atomic mass is 9.43. The van der Waals surface area contributed by atoms with Crippen molar-refractivity contribution < 1.29 is 33.5 Å². The molecule has 1 aliphatic heterocycles. The van der Waals surface area contributed by atoms with Gasteiger partial charge in [-0.3, -0.25) is 14.9 Å². The maximum Gasteiger partial charge on any atom is 0.481 e. The molecule has 0 unspecified atom stereocenters. The van der Waals surface area contributed by atoms with E-state index in [1.807, 2.05) is 0 Å². The molecule has 4 aliphatic rings. The SMILES string of the molecule is CC(C)C[C@H](NC(=O)[C@H](CCCN=C(N)N[N+](=O)[O-])NC(=O)c1cccc(NC(=O)OC(C)(C)C)c1)B1O[C@@H]2C[C@H]3C[C@H](C3(C)C)[C@]2(C)O1. The van der Waals surface area contributed by atoms with Crippen molar-refractivity contribution in [1.82, 2.24) is 16.1 Å². The summed E-state index contributed by atoms with van der Waals surface area (Å²) < 4.78 is 18.5. The van der Waals surface area contributed by atoms with E-state index in [-0.39, 0.29) is 48.3 Å². The Labute approximate surface area is 288 Å². The van der Waals surface area contributed by atoms with E-state index in [0.717, 1.165) is 12.8 Å². The Hall–Kier alpha value is -3.92. The van der Waals surface area contributed by atoms with Crippen molar-refractivity contribution in [3.8, 4) is 0 Å². The number of rotatable bonds is 13. The molecule has 15 nitrogen and oxygen atoms in total. The summed E-state index contributed by atoms with van der Waals surface area (Å²) in [7, 11) is -0.652. The van der Waals surface area contributed by atoms with Gasteiger partial charge >= 0.3 is 13.2 Å².